The highest BCUT2D eigenvalue weighted by atomic mass is 32.2. The number of aromatic nitrogens is 3. The highest BCUT2D eigenvalue weighted by Crippen LogP contribution is 2.47. The van der Waals surface area contributed by atoms with Gasteiger partial charge in [-0.1, -0.05) is 6.42 Å². The van der Waals surface area contributed by atoms with Crippen molar-refractivity contribution < 1.29 is 8.42 Å². The van der Waals surface area contributed by atoms with Crippen molar-refractivity contribution in [3.05, 3.63) is 29.7 Å². The van der Waals surface area contributed by atoms with E-state index < -0.39 is 10.0 Å². The van der Waals surface area contributed by atoms with Gasteiger partial charge in [-0.3, -0.25) is 0 Å². The summed E-state index contributed by atoms with van der Waals surface area (Å²) in [5.41, 5.74) is 3.19. The van der Waals surface area contributed by atoms with Gasteiger partial charge in [0.05, 0.1) is 11.4 Å². The minimum atomic E-state index is -3.37. The van der Waals surface area contributed by atoms with Gasteiger partial charge in [0, 0.05) is 12.4 Å². The van der Waals surface area contributed by atoms with Crippen molar-refractivity contribution in [2.75, 3.05) is 5.75 Å². The van der Waals surface area contributed by atoms with E-state index in [0.717, 1.165) is 42.6 Å². The number of imidazole rings is 1. The number of nitrogens with zero attached hydrogens (tertiary/aromatic N) is 3. The average Bonchev–Trinajstić information content (AvgIpc) is 2.82. The van der Waals surface area contributed by atoms with Gasteiger partial charge in [-0.25, -0.2) is 23.1 Å². The van der Waals surface area contributed by atoms with E-state index in [2.05, 4.69) is 17.0 Å². The first kappa shape index (κ1) is 15.4. The second-order valence-electron chi connectivity index (χ2n) is 6.47. The molecule has 2 aromatic rings. The molecule has 22 heavy (non-hydrogen) atoms. The first-order valence-electron chi connectivity index (χ1n) is 7.67. The Morgan fingerprint density at radius 3 is 2.77 bits per heavy atom. The Morgan fingerprint density at radius 2 is 2.14 bits per heavy atom. The summed E-state index contributed by atoms with van der Waals surface area (Å²) in [5.74, 6) is 0.0833. The van der Waals surface area contributed by atoms with Crippen LogP contribution in [0.5, 0.6) is 0 Å². The maximum atomic E-state index is 11.2. The largest absolute Gasteiger partial charge is 0.236 e. The zero-order valence-corrected chi connectivity index (χ0v) is 13.6. The Bertz CT molecular complexity index is 778. The van der Waals surface area contributed by atoms with Crippen LogP contribution >= 0.6 is 0 Å². The van der Waals surface area contributed by atoms with Crippen molar-refractivity contribution in [3.63, 3.8) is 0 Å². The molecule has 2 heterocycles. The Morgan fingerprint density at radius 1 is 1.36 bits per heavy atom. The van der Waals surface area contributed by atoms with E-state index in [1.807, 2.05) is 12.3 Å². The fourth-order valence-electron chi connectivity index (χ4n) is 3.27. The van der Waals surface area contributed by atoms with Gasteiger partial charge in [-0.2, -0.15) is 5.10 Å². The van der Waals surface area contributed by atoms with Gasteiger partial charge in [-0.05, 0) is 56.1 Å². The topological polar surface area (TPSA) is 90.3 Å². The quantitative estimate of drug-likeness (QED) is 0.878. The third-order valence-electron chi connectivity index (χ3n) is 4.90. The fourth-order valence-corrected chi connectivity index (χ4v) is 3.99. The number of hydrogen-bond acceptors (Lipinski definition) is 4. The van der Waals surface area contributed by atoms with E-state index in [1.165, 1.54) is 6.42 Å². The Hall–Kier alpha value is -1.47. The van der Waals surface area contributed by atoms with Crippen LogP contribution in [0.25, 0.3) is 5.65 Å². The van der Waals surface area contributed by atoms with Crippen LogP contribution in [0.3, 0.4) is 0 Å². The molecule has 0 radical (unpaired) electrons. The van der Waals surface area contributed by atoms with Gasteiger partial charge >= 0.3 is 0 Å². The molecule has 2 N–H and O–H groups in total. The number of rotatable bonds is 6. The molecule has 0 aliphatic heterocycles. The van der Waals surface area contributed by atoms with E-state index in [9.17, 15) is 8.42 Å². The molecule has 0 spiro atoms. The number of aryl methyl sites for hydroxylation is 2. The molecule has 0 bridgehead atoms. The van der Waals surface area contributed by atoms with Crippen LogP contribution in [0.15, 0.2) is 18.5 Å². The van der Waals surface area contributed by atoms with Crippen LogP contribution in [0.2, 0.25) is 0 Å². The van der Waals surface area contributed by atoms with Crippen molar-refractivity contribution in [2.24, 2.45) is 10.6 Å². The lowest BCUT2D eigenvalue weighted by molar-refractivity contribution is 0.114. The molecule has 0 unspecified atom stereocenters. The standard InChI is InChI=1S/C15H22N4O2S/c1-12-11-14-17-8-9-19(14)18-13(12)3-6-15(4-2-5-15)7-10-22(16,20)21/h8-9,11H,2-7,10H2,1H3,(H2,16,20,21). The SMILES string of the molecule is Cc1cc2nccn2nc1CCC1(CCS(N)(=O)=O)CCC1. The monoisotopic (exact) mass is 322 g/mol. The number of nitrogens with two attached hydrogens (primary N) is 1. The van der Waals surface area contributed by atoms with Crippen LogP contribution in [0, 0.1) is 12.3 Å². The van der Waals surface area contributed by atoms with Crippen molar-refractivity contribution >= 4 is 15.7 Å². The van der Waals surface area contributed by atoms with Crippen molar-refractivity contribution in [2.45, 2.75) is 45.4 Å². The summed E-state index contributed by atoms with van der Waals surface area (Å²) < 4.78 is 24.2. The average molecular weight is 322 g/mol. The van der Waals surface area contributed by atoms with E-state index >= 15 is 0 Å². The zero-order valence-electron chi connectivity index (χ0n) is 12.8. The number of primary sulfonamides is 1. The third-order valence-corrected chi connectivity index (χ3v) is 5.68. The van der Waals surface area contributed by atoms with Crippen molar-refractivity contribution in [1.29, 1.82) is 0 Å². The lowest BCUT2D eigenvalue weighted by atomic mass is 9.64. The summed E-state index contributed by atoms with van der Waals surface area (Å²) in [6.45, 7) is 2.05. The lowest BCUT2D eigenvalue weighted by Gasteiger charge is -2.42. The maximum Gasteiger partial charge on any atom is 0.209 e. The molecule has 2 aromatic heterocycles. The summed E-state index contributed by atoms with van der Waals surface area (Å²) in [7, 11) is -3.37. The molecule has 120 valence electrons. The van der Waals surface area contributed by atoms with E-state index in [1.54, 1.807) is 10.7 Å². The molecule has 6 nitrogen and oxygen atoms in total. The zero-order chi connectivity index (χ0) is 15.8. The first-order valence-corrected chi connectivity index (χ1v) is 9.39. The van der Waals surface area contributed by atoms with Gasteiger partial charge < -0.3 is 0 Å². The third kappa shape index (κ3) is 3.30. The summed E-state index contributed by atoms with van der Waals surface area (Å²) in [6, 6.07) is 2.04. The second kappa shape index (κ2) is 5.62. The smallest absolute Gasteiger partial charge is 0.209 e. The van der Waals surface area contributed by atoms with Crippen molar-refractivity contribution in [3.8, 4) is 0 Å². The first-order chi connectivity index (χ1) is 10.4. The van der Waals surface area contributed by atoms with Gasteiger partial charge in [0.15, 0.2) is 5.65 Å². The summed E-state index contributed by atoms with van der Waals surface area (Å²) in [5, 5.41) is 9.77. The van der Waals surface area contributed by atoms with E-state index in [4.69, 9.17) is 5.14 Å². The number of sulfonamides is 1. The lowest BCUT2D eigenvalue weighted by Crippen LogP contribution is -2.33. The summed E-state index contributed by atoms with van der Waals surface area (Å²) in [4.78, 5) is 4.23. The summed E-state index contributed by atoms with van der Waals surface area (Å²) >= 11 is 0. The number of fused-ring (bicyclic) bond motifs is 1. The Kier molecular flexibility index (Phi) is 3.94. The minimum Gasteiger partial charge on any atom is -0.236 e. The molecule has 3 rings (SSSR count). The molecule has 1 fully saturated rings. The molecular weight excluding hydrogens is 300 g/mol. The minimum absolute atomic E-state index is 0.0833. The van der Waals surface area contributed by atoms with Gasteiger partial charge in [-0.15, -0.1) is 0 Å². The molecule has 0 saturated heterocycles. The van der Waals surface area contributed by atoms with Gasteiger partial charge in [0.25, 0.3) is 0 Å². The van der Waals surface area contributed by atoms with E-state index in [0.29, 0.717) is 6.42 Å². The van der Waals surface area contributed by atoms with Crippen LogP contribution in [-0.4, -0.2) is 28.8 Å². The molecule has 1 aliphatic rings. The fraction of sp³-hybridized carbons (Fsp3) is 0.600. The Balaban J connectivity index is 1.70. The van der Waals surface area contributed by atoms with Crippen molar-refractivity contribution in [1.82, 2.24) is 14.6 Å². The molecule has 0 atom stereocenters. The van der Waals surface area contributed by atoms with Gasteiger partial charge in [0.2, 0.25) is 10.0 Å². The van der Waals surface area contributed by atoms with Gasteiger partial charge in [0.1, 0.15) is 0 Å². The van der Waals surface area contributed by atoms with Crippen LogP contribution in [-0.2, 0) is 16.4 Å². The van der Waals surface area contributed by atoms with Crippen LogP contribution in [0.4, 0.5) is 0 Å². The molecule has 1 aliphatic carbocycles. The second-order valence-corrected chi connectivity index (χ2v) is 8.21. The molecule has 7 heteroatoms. The summed E-state index contributed by atoms with van der Waals surface area (Å²) in [6.07, 6.45) is 9.45. The Labute approximate surface area is 130 Å². The highest BCUT2D eigenvalue weighted by molar-refractivity contribution is 7.89. The normalized spacial score (nSPS) is 17.5. The maximum absolute atomic E-state index is 11.2. The predicted molar refractivity (Wildman–Crippen MR) is 84.9 cm³/mol. The molecule has 1 saturated carbocycles. The molecule has 0 aromatic carbocycles. The highest BCUT2D eigenvalue weighted by Gasteiger charge is 2.37. The number of hydrogen-bond donors (Lipinski definition) is 1. The van der Waals surface area contributed by atoms with E-state index in [-0.39, 0.29) is 11.2 Å². The molecular formula is C15H22N4O2S. The predicted octanol–water partition coefficient (Wildman–Crippen LogP) is 1.82. The van der Waals surface area contributed by atoms with Crippen LogP contribution in [0.1, 0.15) is 43.4 Å². The molecule has 0 amide bonds. The van der Waals surface area contributed by atoms with Crippen LogP contribution < -0.4 is 5.14 Å².